The maximum atomic E-state index is 11.2. The Morgan fingerprint density at radius 3 is 2.25 bits per heavy atom. The minimum absolute atomic E-state index is 0.108. The Morgan fingerprint density at radius 1 is 1.42 bits per heavy atom. The number of rotatable bonds is 4. The van der Waals surface area contributed by atoms with Gasteiger partial charge in [0.15, 0.2) is 0 Å². The highest BCUT2D eigenvalue weighted by Crippen LogP contribution is 2.25. The molecule has 0 fully saturated rings. The normalized spacial score (nSPS) is 11.8. The van der Waals surface area contributed by atoms with Gasteiger partial charge < -0.3 is 4.74 Å². The van der Waals surface area contributed by atoms with Gasteiger partial charge in [0, 0.05) is 0 Å². The second-order valence-electron chi connectivity index (χ2n) is 4.31. The number of carbonyl (C=O) groups is 1. The zero-order valence-corrected chi connectivity index (χ0v) is 8.81. The Morgan fingerprint density at radius 2 is 1.92 bits per heavy atom. The molecule has 0 N–H and O–H groups in total. The Bertz CT molecular complexity index is 148. The summed E-state index contributed by atoms with van der Waals surface area (Å²) in [7, 11) is 1.44. The Labute approximate surface area is 75.3 Å². The molecule has 12 heavy (non-hydrogen) atoms. The molecule has 72 valence electrons. The van der Waals surface area contributed by atoms with E-state index < -0.39 is 0 Å². The van der Waals surface area contributed by atoms with E-state index in [1.54, 1.807) is 0 Å². The number of esters is 1. The molecule has 0 aromatic heterocycles. The van der Waals surface area contributed by atoms with Crippen LogP contribution in [0.5, 0.6) is 0 Å². The summed E-state index contributed by atoms with van der Waals surface area (Å²) in [6, 6.07) is 0. The van der Waals surface area contributed by atoms with Crippen LogP contribution < -0.4 is 0 Å². The number of hydrogen-bond donors (Lipinski definition) is 0. The van der Waals surface area contributed by atoms with Crippen LogP contribution in [0.2, 0.25) is 0 Å². The van der Waals surface area contributed by atoms with Crippen LogP contribution >= 0.6 is 0 Å². The minimum atomic E-state index is -0.320. The quantitative estimate of drug-likeness (QED) is 0.609. The van der Waals surface area contributed by atoms with Gasteiger partial charge in [0.05, 0.1) is 12.5 Å². The van der Waals surface area contributed by atoms with Crippen LogP contribution in [0.1, 0.15) is 40.5 Å². The van der Waals surface area contributed by atoms with Crippen molar-refractivity contribution in [2.24, 2.45) is 11.3 Å². The van der Waals surface area contributed by atoms with E-state index in [0.29, 0.717) is 5.92 Å². The summed E-state index contributed by atoms with van der Waals surface area (Å²) >= 11 is 0. The van der Waals surface area contributed by atoms with Crippen molar-refractivity contribution >= 4 is 5.97 Å². The molecule has 0 heterocycles. The summed E-state index contributed by atoms with van der Waals surface area (Å²) in [5.41, 5.74) is -0.320. The summed E-state index contributed by atoms with van der Waals surface area (Å²) in [6.07, 6.45) is 1.97. The second kappa shape index (κ2) is 4.48. The van der Waals surface area contributed by atoms with Crippen LogP contribution in [0.15, 0.2) is 0 Å². The molecular formula is C10H20O2. The van der Waals surface area contributed by atoms with Gasteiger partial charge in [-0.2, -0.15) is 0 Å². The molecule has 0 unspecified atom stereocenters. The molecule has 0 aromatic rings. The van der Waals surface area contributed by atoms with Crippen molar-refractivity contribution in [3.05, 3.63) is 0 Å². The van der Waals surface area contributed by atoms with E-state index in [-0.39, 0.29) is 11.4 Å². The standard InChI is InChI=1S/C10H20O2/c1-8(2)6-7-10(3,4)9(11)12-5/h8H,6-7H2,1-5H3. The van der Waals surface area contributed by atoms with Crippen molar-refractivity contribution in [1.82, 2.24) is 0 Å². The monoisotopic (exact) mass is 172 g/mol. The fourth-order valence-corrected chi connectivity index (χ4v) is 1.03. The van der Waals surface area contributed by atoms with Gasteiger partial charge in [-0.3, -0.25) is 4.79 Å². The SMILES string of the molecule is COC(=O)C(C)(C)CCC(C)C. The third-order valence-electron chi connectivity index (χ3n) is 2.08. The Balaban J connectivity index is 3.95. The first-order chi connectivity index (χ1) is 5.40. The summed E-state index contributed by atoms with van der Waals surface area (Å²) in [6.45, 7) is 8.18. The predicted molar refractivity (Wildman–Crippen MR) is 49.9 cm³/mol. The molecule has 0 spiro atoms. The smallest absolute Gasteiger partial charge is 0.311 e. The minimum Gasteiger partial charge on any atom is -0.469 e. The first kappa shape index (κ1) is 11.5. The van der Waals surface area contributed by atoms with Gasteiger partial charge in [-0.05, 0) is 32.6 Å². The molecule has 0 amide bonds. The van der Waals surface area contributed by atoms with E-state index in [2.05, 4.69) is 13.8 Å². The van der Waals surface area contributed by atoms with E-state index in [1.807, 2.05) is 13.8 Å². The topological polar surface area (TPSA) is 26.3 Å². The number of ether oxygens (including phenoxy) is 1. The fraction of sp³-hybridized carbons (Fsp3) is 0.900. The summed E-state index contributed by atoms with van der Waals surface area (Å²) < 4.78 is 4.71. The molecule has 0 saturated carbocycles. The van der Waals surface area contributed by atoms with Gasteiger partial charge in [-0.25, -0.2) is 0 Å². The van der Waals surface area contributed by atoms with Gasteiger partial charge in [0.2, 0.25) is 0 Å². The fourth-order valence-electron chi connectivity index (χ4n) is 1.03. The van der Waals surface area contributed by atoms with Gasteiger partial charge in [0.25, 0.3) is 0 Å². The van der Waals surface area contributed by atoms with Crippen LogP contribution in [0.4, 0.5) is 0 Å². The predicted octanol–water partition coefficient (Wildman–Crippen LogP) is 2.62. The maximum Gasteiger partial charge on any atom is 0.311 e. The van der Waals surface area contributed by atoms with Crippen LogP contribution in [0.25, 0.3) is 0 Å². The van der Waals surface area contributed by atoms with Crippen molar-refractivity contribution in [2.45, 2.75) is 40.5 Å². The molecule has 0 bridgehead atoms. The molecule has 0 radical (unpaired) electrons. The van der Waals surface area contributed by atoms with Crippen LogP contribution in [-0.4, -0.2) is 13.1 Å². The van der Waals surface area contributed by atoms with Crippen LogP contribution in [0.3, 0.4) is 0 Å². The lowest BCUT2D eigenvalue weighted by Crippen LogP contribution is -2.25. The molecule has 0 aliphatic heterocycles. The van der Waals surface area contributed by atoms with Crippen molar-refractivity contribution in [2.75, 3.05) is 7.11 Å². The van der Waals surface area contributed by atoms with Crippen molar-refractivity contribution in [1.29, 1.82) is 0 Å². The number of carbonyl (C=O) groups excluding carboxylic acids is 1. The van der Waals surface area contributed by atoms with Crippen molar-refractivity contribution < 1.29 is 9.53 Å². The highest BCUT2D eigenvalue weighted by molar-refractivity contribution is 5.75. The zero-order valence-electron chi connectivity index (χ0n) is 8.81. The van der Waals surface area contributed by atoms with Gasteiger partial charge >= 0.3 is 5.97 Å². The average molecular weight is 172 g/mol. The van der Waals surface area contributed by atoms with E-state index in [9.17, 15) is 4.79 Å². The lowest BCUT2D eigenvalue weighted by atomic mass is 9.85. The van der Waals surface area contributed by atoms with E-state index in [4.69, 9.17) is 4.74 Å². The van der Waals surface area contributed by atoms with Gasteiger partial charge in [-0.15, -0.1) is 0 Å². The molecule has 0 aliphatic carbocycles. The Kier molecular flexibility index (Phi) is 4.29. The van der Waals surface area contributed by atoms with Crippen molar-refractivity contribution in [3.8, 4) is 0 Å². The lowest BCUT2D eigenvalue weighted by molar-refractivity contribution is -0.151. The largest absolute Gasteiger partial charge is 0.469 e. The lowest BCUT2D eigenvalue weighted by Gasteiger charge is -2.21. The van der Waals surface area contributed by atoms with Crippen LogP contribution in [-0.2, 0) is 9.53 Å². The highest BCUT2D eigenvalue weighted by Gasteiger charge is 2.28. The summed E-state index contributed by atoms with van der Waals surface area (Å²) in [5.74, 6) is 0.539. The van der Waals surface area contributed by atoms with Crippen LogP contribution in [0, 0.1) is 11.3 Å². The molecule has 2 nitrogen and oxygen atoms in total. The first-order valence-electron chi connectivity index (χ1n) is 4.48. The molecule has 0 aromatic carbocycles. The molecule has 0 rings (SSSR count). The number of hydrogen-bond acceptors (Lipinski definition) is 2. The Hall–Kier alpha value is -0.530. The van der Waals surface area contributed by atoms with E-state index >= 15 is 0 Å². The van der Waals surface area contributed by atoms with Gasteiger partial charge in [-0.1, -0.05) is 13.8 Å². The molecular weight excluding hydrogens is 152 g/mol. The van der Waals surface area contributed by atoms with E-state index in [0.717, 1.165) is 12.8 Å². The molecule has 0 saturated heterocycles. The second-order valence-corrected chi connectivity index (χ2v) is 4.31. The average Bonchev–Trinajstić information content (AvgIpc) is 1.99. The molecule has 0 atom stereocenters. The van der Waals surface area contributed by atoms with E-state index in [1.165, 1.54) is 7.11 Å². The summed E-state index contributed by atoms with van der Waals surface area (Å²) in [4.78, 5) is 11.2. The molecule has 2 heteroatoms. The zero-order chi connectivity index (χ0) is 9.78. The number of methoxy groups -OCH3 is 1. The highest BCUT2D eigenvalue weighted by atomic mass is 16.5. The van der Waals surface area contributed by atoms with Crippen molar-refractivity contribution in [3.63, 3.8) is 0 Å². The summed E-state index contributed by atoms with van der Waals surface area (Å²) in [5, 5.41) is 0. The third-order valence-corrected chi connectivity index (χ3v) is 2.08. The maximum absolute atomic E-state index is 11.2. The third kappa shape index (κ3) is 3.74. The van der Waals surface area contributed by atoms with Gasteiger partial charge in [0.1, 0.15) is 0 Å². The first-order valence-corrected chi connectivity index (χ1v) is 4.48. The molecule has 0 aliphatic rings.